The molecule has 124 valence electrons. The Morgan fingerprint density at radius 2 is 2.00 bits per heavy atom. The van der Waals surface area contributed by atoms with Crippen LogP contribution < -0.4 is 0 Å². The van der Waals surface area contributed by atoms with Crippen LogP contribution in [0.2, 0.25) is 0 Å². The monoisotopic (exact) mass is 354 g/mol. The molecule has 1 aromatic carbocycles. The summed E-state index contributed by atoms with van der Waals surface area (Å²) in [5.41, 5.74) is -0.771. The van der Waals surface area contributed by atoms with Crippen LogP contribution in [0.25, 0.3) is 0 Å². The molecule has 0 radical (unpaired) electrons. The third-order valence-electron chi connectivity index (χ3n) is 3.46. The van der Waals surface area contributed by atoms with Crippen molar-refractivity contribution in [3.8, 4) is 0 Å². The number of thiophene rings is 1. The predicted octanol–water partition coefficient (Wildman–Crippen LogP) is 4.23. The first kappa shape index (κ1) is 17.9. The van der Waals surface area contributed by atoms with E-state index in [-0.39, 0.29) is 12.6 Å². The Balaban J connectivity index is 2.33. The number of hydrogen-bond acceptors (Lipinski definition) is 4. The van der Waals surface area contributed by atoms with E-state index in [0.717, 1.165) is 0 Å². The summed E-state index contributed by atoms with van der Waals surface area (Å²) >= 11 is 1.33. The minimum absolute atomic E-state index is 0.123. The smallest absolute Gasteiger partial charge is 0.341 e. The van der Waals surface area contributed by atoms with Gasteiger partial charge >= 0.3 is 13.6 Å². The molecule has 2 aromatic rings. The zero-order valence-corrected chi connectivity index (χ0v) is 14.4. The Morgan fingerprint density at radius 3 is 2.52 bits per heavy atom. The fraction of sp³-hybridized carbons (Fsp3) is 0.312. The van der Waals surface area contributed by atoms with E-state index in [1.54, 1.807) is 47.2 Å². The second-order valence-corrected chi connectivity index (χ2v) is 7.82. The van der Waals surface area contributed by atoms with Crippen LogP contribution in [-0.4, -0.2) is 16.0 Å². The van der Waals surface area contributed by atoms with E-state index in [0.29, 0.717) is 17.5 Å². The van der Waals surface area contributed by atoms with Gasteiger partial charge < -0.3 is 10.00 Å². The molecular formula is C16H19O5PS. The van der Waals surface area contributed by atoms with E-state index in [9.17, 15) is 19.4 Å². The van der Waals surface area contributed by atoms with Crippen molar-refractivity contribution in [2.24, 2.45) is 0 Å². The summed E-state index contributed by atoms with van der Waals surface area (Å²) in [5.74, 6) is -1.25. The third-order valence-corrected chi connectivity index (χ3v) is 5.50. The van der Waals surface area contributed by atoms with Gasteiger partial charge in [0.15, 0.2) is 5.60 Å². The Hall–Kier alpha value is -1.46. The molecule has 2 rings (SSSR count). The molecule has 2 atom stereocenters. The average Bonchev–Trinajstić information content (AvgIpc) is 3.01. The minimum Gasteiger partial charge on any atom is -0.479 e. The average molecular weight is 354 g/mol. The fourth-order valence-electron chi connectivity index (χ4n) is 2.45. The van der Waals surface area contributed by atoms with Gasteiger partial charge in [-0.15, -0.1) is 0 Å². The van der Waals surface area contributed by atoms with Crippen molar-refractivity contribution in [2.45, 2.75) is 31.5 Å². The van der Waals surface area contributed by atoms with Gasteiger partial charge in [0.05, 0.1) is 6.16 Å². The molecule has 0 spiro atoms. The molecule has 0 aliphatic heterocycles. The lowest BCUT2D eigenvalue weighted by Crippen LogP contribution is -2.37. The highest BCUT2D eigenvalue weighted by atomic mass is 32.1. The summed E-state index contributed by atoms with van der Waals surface area (Å²) < 4.78 is 17.9. The zero-order chi connectivity index (χ0) is 16.9. The number of hydrogen-bond donors (Lipinski definition) is 2. The summed E-state index contributed by atoms with van der Waals surface area (Å²) in [6.45, 7) is 1.81. The van der Waals surface area contributed by atoms with Gasteiger partial charge in [0.25, 0.3) is 0 Å². The van der Waals surface area contributed by atoms with Crippen LogP contribution >= 0.6 is 18.9 Å². The third kappa shape index (κ3) is 4.30. The highest BCUT2D eigenvalue weighted by Crippen LogP contribution is 2.53. The van der Waals surface area contributed by atoms with Crippen LogP contribution in [0.3, 0.4) is 0 Å². The molecule has 0 amide bonds. The van der Waals surface area contributed by atoms with Crippen LogP contribution in [-0.2, 0) is 25.6 Å². The van der Waals surface area contributed by atoms with Crippen LogP contribution in [0, 0.1) is 0 Å². The van der Waals surface area contributed by atoms with Crippen LogP contribution in [0.15, 0.2) is 47.2 Å². The maximum absolute atomic E-state index is 12.5. The van der Waals surface area contributed by atoms with Crippen LogP contribution in [0.1, 0.15) is 30.9 Å². The Labute approximate surface area is 139 Å². The quantitative estimate of drug-likeness (QED) is 0.693. The van der Waals surface area contributed by atoms with Gasteiger partial charge in [-0.25, -0.2) is 4.79 Å². The molecule has 0 fully saturated rings. The lowest BCUT2D eigenvalue weighted by Gasteiger charge is -2.30. The summed E-state index contributed by atoms with van der Waals surface area (Å²) in [5, 5.41) is 13.1. The predicted molar refractivity (Wildman–Crippen MR) is 89.6 cm³/mol. The molecule has 1 heterocycles. The topological polar surface area (TPSA) is 83.8 Å². The molecule has 2 unspecified atom stereocenters. The van der Waals surface area contributed by atoms with Crippen molar-refractivity contribution in [2.75, 3.05) is 0 Å². The van der Waals surface area contributed by atoms with E-state index in [1.807, 2.05) is 6.92 Å². The number of carboxylic acids is 1. The largest absolute Gasteiger partial charge is 0.479 e. The summed E-state index contributed by atoms with van der Waals surface area (Å²) in [4.78, 5) is 22.1. The van der Waals surface area contributed by atoms with Gasteiger partial charge in [-0.05, 0) is 28.8 Å². The lowest BCUT2D eigenvalue weighted by atomic mass is 9.92. The summed E-state index contributed by atoms with van der Waals surface area (Å²) in [6, 6.07) is 10.3. The van der Waals surface area contributed by atoms with Crippen LogP contribution in [0.5, 0.6) is 0 Å². The van der Waals surface area contributed by atoms with Gasteiger partial charge in [-0.3, -0.25) is 9.09 Å². The highest BCUT2D eigenvalue weighted by molar-refractivity contribution is 7.52. The molecule has 0 aliphatic carbocycles. The molecule has 1 aromatic heterocycles. The van der Waals surface area contributed by atoms with Crippen molar-refractivity contribution in [1.29, 1.82) is 0 Å². The number of carbonyl (C=O) groups is 1. The van der Waals surface area contributed by atoms with E-state index >= 15 is 0 Å². The van der Waals surface area contributed by atoms with Gasteiger partial charge in [0.1, 0.15) is 0 Å². The standard InChI is InChI=1S/C16H19O5PS/c1-2-9-16(15(17)18,14-8-10-23-12-14)21-22(19,20)11-13-6-4-3-5-7-13/h3-8,10,12H,2,9,11H2,1H3,(H,17,18)(H,19,20). The second kappa shape index (κ2) is 7.41. The number of benzene rings is 1. The first-order chi connectivity index (χ1) is 10.9. The van der Waals surface area contributed by atoms with Gasteiger partial charge in [0.2, 0.25) is 0 Å². The molecule has 7 heteroatoms. The Bertz CT molecular complexity index is 686. The van der Waals surface area contributed by atoms with E-state index in [4.69, 9.17) is 4.52 Å². The zero-order valence-electron chi connectivity index (χ0n) is 12.7. The molecule has 23 heavy (non-hydrogen) atoms. The van der Waals surface area contributed by atoms with Crippen molar-refractivity contribution < 1.29 is 23.9 Å². The van der Waals surface area contributed by atoms with Gasteiger partial charge in [-0.2, -0.15) is 11.3 Å². The Kier molecular flexibility index (Phi) is 5.76. The van der Waals surface area contributed by atoms with Crippen molar-refractivity contribution in [1.82, 2.24) is 0 Å². The van der Waals surface area contributed by atoms with Crippen LogP contribution in [0.4, 0.5) is 0 Å². The molecular weight excluding hydrogens is 335 g/mol. The number of rotatable bonds is 8. The number of carboxylic acid groups (broad SMARTS) is 1. The molecule has 2 N–H and O–H groups in total. The minimum atomic E-state index is -4.14. The van der Waals surface area contributed by atoms with Gasteiger partial charge in [0, 0.05) is 5.56 Å². The maximum atomic E-state index is 12.5. The Morgan fingerprint density at radius 1 is 1.30 bits per heavy atom. The van der Waals surface area contributed by atoms with E-state index < -0.39 is 19.2 Å². The first-order valence-corrected chi connectivity index (χ1v) is 9.93. The van der Waals surface area contributed by atoms with E-state index in [1.165, 1.54) is 11.3 Å². The second-order valence-electron chi connectivity index (χ2n) is 5.27. The maximum Gasteiger partial charge on any atom is 0.341 e. The lowest BCUT2D eigenvalue weighted by molar-refractivity contribution is -0.158. The van der Waals surface area contributed by atoms with Crippen molar-refractivity contribution in [3.05, 3.63) is 58.3 Å². The molecule has 0 bridgehead atoms. The molecule has 5 nitrogen and oxygen atoms in total. The van der Waals surface area contributed by atoms with E-state index in [2.05, 4.69) is 0 Å². The normalized spacial score (nSPS) is 16.4. The highest BCUT2D eigenvalue weighted by Gasteiger charge is 2.46. The molecule has 0 saturated heterocycles. The first-order valence-electron chi connectivity index (χ1n) is 7.22. The van der Waals surface area contributed by atoms with Gasteiger partial charge in [-0.1, -0.05) is 43.7 Å². The molecule has 0 aliphatic rings. The summed E-state index contributed by atoms with van der Waals surface area (Å²) in [7, 11) is -4.14. The number of aliphatic carboxylic acids is 1. The summed E-state index contributed by atoms with van der Waals surface area (Å²) in [6.07, 6.45) is 0.405. The van der Waals surface area contributed by atoms with Crippen molar-refractivity contribution in [3.63, 3.8) is 0 Å². The van der Waals surface area contributed by atoms with Crippen molar-refractivity contribution >= 4 is 24.9 Å². The molecule has 0 saturated carbocycles. The SMILES string of the molecule is CCCC(OP(=O)(O)Cc1ccccc1)(C(=O)O)c1ccsc1. The fourth-order valence-corrected chi connectivity index (χ4v) is 4.67.